The summed E-state index contributed by atoms with van der Waals surface area (Å²) >= 11 is 2.13. The summed E-state index contributed by atoms with van der Waals surface area (Å²) in [6, 6.07) is 0.611. The van der Waals surface area contributed by atoms with E-state index in [0.29, 0.717) is 12.1 Å². The molecular formula is C11H20INO2. The van der Waals surface area contributed by atoms with Gasteiger partial charge < -0.3 is 9.64 Å². The third-order valence-electron chi connectivity index (χ3n) is 2.73. The fourth-order valence-electron chi connectivity index (χ4n) is 2.04. The quantitative estimate of drug-likeness (QED) is 0.545. The Kier molecular flexibility index (Phi) is 4.26. The van der Waals surface area contributed by atoms with Crippen LogP contribution in [-0.4, -0.2) is 26.7 Å². The number of nitrogens with zero attached hydrogens (tertiary/aromatic N) is 1. The zero-order valence-electron chi connectivity index (χ0n) is 9.92. The summed E-state index contributed by atoms with van der Waals surface area (Å²) < 4.78 is 4.97. The van der Waals surface area contributed by atoms with Gasteiger partial charge in [0.1, 0.15) is 0 Å². The summed E-state index contributed by atoms with van der Waals surface area (Å²) in [6.07, 6.45) is 3.20. The number of ether oxygens (including phenoxy) is 1. The molecule has 1 aliphatic heterocycles. The summed E-state index contributed by atoms with van der Waals surface area (Å²) in [5.41, 5.74) is 0. The molecule has 2 atom stereocenters. The smallest absolute Gasteiger partial charge is 0.411 e. The Labute approximate surface area is 106 Å². The maximum Gasteiger partial charge on any atom is 0.411 e. The van der Waals surface area contributed by atoms with Crippen LogP contribution in [0.25, 0.3) is 0 Å². The minimum absolute atomic E-state index is 0.172. The second-order valence-electron chi connectivity index (χ2n) is 4.77. The van der Waals surface area contributed by atoms with Crippen molar-refractivity contribution in [3.05, 3.63) is 0 Å². The summed E-state index contributed by atoms with van der Waals surface area (Å²) in [7, 11) is 0. The lowest BCUT2D eigenvalue weighted by Gasteiger charge is -2.39. The minimum Gasteiger partial charge on any atom is -0.433 e. The maximum absolute atomic E-state index is 11.9. The highest BCUT2D eigenvalue weighted by atomic mass is 127. The number of hydrogen-bond donors (Lipinski definition) is 0. The van der Waals surface area contributed by atoms with Gasteiger partial charge in [-0.3, -0.25) is 0 Å². The van der Waals surface area contributed by atoms with Crippen LogP contribution in [0.2, 0.25) is 0 Å². The first-order valence-corrected chi connectivity index (χ1v) is 6.59. The molecule has 1 aliphatic rings. The zero-order chi connectivity index (χ0) is 11.6. The van der Waals surface area contributed by atoms with Crippen molar-refractivity contribution in [2.75, 3.05) is 0 Å². The Morgan fingerprint density at radius 2 is 1.80 bits per heavy atom. The zero-order valence-corrected chi connectivity index (χ0v) is 12.1. The van der Waals surface area contributed by atoms with Crippen LogP contribution in [0, 0.1) is 0 Å². The van der Waals surface area contributed by atoms with Crippen molar-refractivity contribution in [3.63, 3.8) is 0 Å². The number of piperidine rings is 1. The van der Waals surface area contributed by atoms with Crippen LogP contribution in [0.4, 0.5) is 4.79 Å². The first kappa shape index (κ1) is 13.1. The average Bonchev–Trinajstić information content (AvgIpc) is 1.99. The van der Waals surface area contributed by atoms with Crippen LogP contribution < -0.4 is 0 Å². The first-order valence-electron chi connectivity index (χ1n) is 5.51. The van der Waals surface area contributed by atoms with E-state index in [4.69, 9.17) is 4.74 Å². The van der Waals surface area contributed by atoms with E-state index in [9.17, 15) is 4.79 Å². The molecule has 0 saturated carbocycles. The minimum atomic E-state index is -0.425. The van der Waals surface area contributed by atoms with Crippen LogP contribution in [0.1, 0.15) is 47.0 Å². The van der Waals surface area contributed by atoms with E-state index in [-0.39, 0.29) is 6.09 Å². The van der Waals surface area contributed by atoms with Gasteiger partial charge >= 0.3 is 6.09 Å². The molecule has 0 aromatic carbocycles. The molecule has 0 aromatic rings. The predicted octanol–water partition coefficient (Wildman–Crippen LogP) is 3.56. The van der Waals surface area contributed by atoms with Crippen molar-refractivity contribution in [3.8, 4) is 0 Å². The van der Waals surface area contributed by atoms with E-state index in [1.165, 1.54) is 6.42 Å². The second-order valence-corrected chi connectivity index (χ2v) is 7.37. The van der Waals surface area contributed by atoms with Gasteiger partial charge in [-0.15, -0.1) is 0 Å². The van der Waals surface area contributed by atoms with Gasteiger partial charge in [0, 0.05) is 12.1 Å². The van der Waals surface area contributed by atoms with Gasteiger partial charge in [0.15, 0.2) is 3.61 Å². The Balaban J connectivity index is 2.64. The molecule has 88 valence electrons. The third-order valence-corrected chi connectivity index (χ3v) is 2.95. The lowest BCUT2D eigenvalue weighted by Crippen LogP contribution is -2.49. The van der Waals surface area contributed by atoms with Gasteiger partial charge in [-0.05, 0) is 69.5 Å². The van der Waals surface area contributed by atoms with E-state index >= 15 is 0 Å². The molecule has 0 aromatic heterocycles. The molecule has 1 fully saturated rings. The summed E-state index contributed by atoms with van der Waals surface area (Å²) in [4.78, 5) is 13.8. The van der Waals surface area contributed by atoms with Crippen molar-refractivity contribution in [2.24, 2.45) is 0 Å². The van der Waals surface area contributed by atoms with E-state index < -0.39 is 3.61 Å². The number of alkyl halides is 1. The SMILES string of the molecule is CC1CCCC(C)N1C(=O)OC(C)(C)I. The van der Waals surface area contributed by atoms with E-state index in [1.807, 2.05) is 18.7 Å². The normalized spacial score (nSPS) is 27.7. The summed E-state index contributed by atoms with van der Waals surface area (Å²) in [6.45, 7) is 7.98. The molecular weight excluding hydrogens is 305 g/mol. The van der Waals surface area contributed by atoms with Gasteiger partial charge in [-0.25, -0.2) is 4.79 Å². The highest BCUT2D eigenvalue weighted by Gasteiger charge is 2.32. The summed E-state index contributed by atoms with van der Waals surface area (Å²) in [5, 5.41) is 0. The molecule has 4 heteroatoms. The van der Waals surface area contributed by atoms with Gasteiger partial charge in [-0.1, -0.05) is 0 Å². The lowest BCUT2D eigenvalue weighted by atomic mass is 9.98. The lowest BCUT2D eigenvalue weighted by molar-refractivity contribution is 0.0330. The monoisotopic (exact) mass is 325 g/mol. The first-order chi connectivity index (χ1) is 6.81. The van der Waals surface area contributed by atoms with E-state index in [0.717, 1.165) is 12.8 Å². The largest absolute Gasteiger partial charge is 0.433 e. The molecule has 1 saturated heterocycles. The van der Waals surface area contributed by atoms with Crippen molar-refractivity contribution >= 4 is 28.7 Å². The molecule has 0 N–H and O–H groups in total. The van der Waals surface area contributed by atoms with Crippen molar-refractivity contribution in [1.29, 1.82) is 0 Å². The number of amides is 1. The molecule has 0 bridgehead atoms. The number of carbonyl (C=O) groups excluding carboxylic acids is 1. The number of likely N-dealkylation sites (tertiary alicyclic amines) is 1. The summed E-state index contributed by atoms with van der Waals surface area (Å²) in [5.74, 6) is 0. The number of carbonyl (C=O) groups is 1. The molecule has 15 heavy (non-hydrogen) atoms. The van der Waals surface area contributed by atoms with Crippen LogP contribution in [0.3, 0.4) is 0 Å². The van der Waals surface area contributed by atoms with Crippen LogP contribution in [0.5, 0.6) is 0 Å². The van der Waals surface area contributed by atoms with Gasteiger partial charge in [0.05, 0.1) is 0 Å². The van der Waals surface area contributed by atoms with Crippen molar-refractivity contribution in [1.82, 2.24) is 4.90 Å². The van der Waals surface area contributed by atoms with Gasteiger partial charge in [0.25, 0.3) is 0 Å². The number of rotatable bonds is 1. The van der Waals surface area contributed by atoms with Crippen LogP contribution in [-0.2, 0) is 4.74 Å². The number of halogens is 1. The topological polar surface area (TPSA) is 29.5 Å². The van der Waals surface area contributed by atoms with E-state index in [2.05, 4.69) is 36.4 Å². The molecule has 0 aliphatic carbocycles. The molecule has 1 heterocycles. The highest BCUT2D eigenvalue weighted by molar-refractivity contribution is 14.1. The highest BCUT2D eigenvalue weighted by Crippen LogP contribution is 2.26. The Hall–Kier alpha value is 0. The Bertz CT molecular complexity index is 227. The van der Waals surface area contributed by atoms with Crippen molar-refractivity contribution in [2.45, 2.75) is 62.6 Å². The molecule has 3 nitrogen and oxygen atoms in total. The second kappa shape index (κ2) is 4.89. The Morgan fingerprint density at radius 3 is 2.20 bits per heavy atom. The molecule has 0 spiro atoms. The molecule has 1 rings (SSSR count). The van der Waals surface area contributed by atoms with Crippen LogP contribution in [0.15, 0.2) is 0 Å². The maximum atomic E-state index is 11.9. The third kappa shape index (κ3) is 3.81. The molecule has 2 unspecified atom stereocenters. The number of hydrogen-bond acceptors (Lipinski definition) is 2. The van der Waals surface area contributed by atoms with Gasteiger partial charge in [-0.2, -0.15) is 0 Å². The average molecular weight is 325 g/mol. The molecule has 1 amide bonds. The predicted molar refractivity (Wildman–Crippen MR) is 69.2 cm³/mol. The Morgan fingerprint density at radius 1 is 1.33 bits per heavy atom. The van der Waals surface area contributed by atoms with Gasteiger partial charge in [0.2, 0.25) is 0 Å². The standard InChI is InChI=1S/C11H20INO2/c1-8-6-5-7-9(2)13(8)10(14)15-11(3,4)12/h8-9H,5-7H2,1-4H3. The van der Waals surface area contributed by atoms with E-state index in [1.54, 1.807) is 0 Å². The van der Waals surface area contributed by atoms with Crippen LogP contribution >= 0.6 is 22.6 Å². The molecule has 0 radical (unpaired) electrons. The fourth-order valence-corrected chi connectivity index (χ4v) is 2.23. The van der Waals surface area contributed by atoms with Crippen molar-refractivity contribution < 1.29 is 9.53 Å². The fraction of sp³-hybridized carbons (Fsp3) is 0.909.